The fourth-order valence-corrected chi connectivity index (χ4v) is 5.34. The number of nitrogens with zero attached hydrogens (tertiary/aromatic N) is 2. The van der Waals surface area contributed by atoms with Gasteiger partial charge in [0.15, 0.2) is 11.5 Å². The van der Waals surface area contributed by atoms with Crippen LogP contribution in [0.25, 0.3) is 0 Å². The molecule has 0 aliphatic carbocycles. The zero-order valence-corrected chi connectivity index (χ0v) is 23.2. The fraction of sp³-hybridized carbons (Fsp3) is 0.357. The maximum atomic E-state index is 13.8. The van der Waals surface area contributed by atoms with Crippen molar-refractivity contribution in [3.8, 4) is 11.5 Å². The van der Waals surface area contributed by atoms with Crippen molar-refractivity contribution in [1.29, 1.82) is 0 Å². The third kappa shape index (κ3) is 6.48. The molecule has 0 saturated carbocycles. The number of aryl methyl sites for hydroxylation is 1. The van der Waals surface area contributed by atoms with Gasteiger partial charge < -0.3 is 19.3 Å². The van der Waals surface area contributed by atoms with Gasteiger partial charge in [-0.15, -0.1) is 11.3 Å². The maximum Gasteiger partial charge on any atom is 0.254 e. The van der Waals surface area contributed by atoms with E-state index < -0.39 is 0 Å². The van der Waals surface area contributed by atoms with Crippen LogP contribution in [-0.4, -0.2) is 41.5 Å². The molecule has 1 aliphatic heterocycles. The van der Waals surface area contributed by atoms with Crippen molar-refractivity contribution in [3.05, 3.63) is 80.0 Å². The molecule has 4 rings (SSSR count). The highest BCUT2D eigenvalue weighted by Crippen LogP contribution is 2.33. The van der Waals surface area contributed by atoms with Gasteiger partial charge in [0.05, 0.1) is 6.54 Å². The summed E-state index contributed by atoms with van der Waals surface area (Å²) in [6, 6.07) is 15.1. The molecule has 0 N–H and O–H groups in total. The lowest BCUT2D eigenvalue weighted by molar-refractivity contribution is -0.133. The lowest BCUT2D eigenvalue weighted by Gasteiger charge is -2.29. The first-order valence-electron chi connectivity index (χ1n) is 12.1. The third-order valence-electron chi connectivity index (χ3n) is 6.38. The maximum absolute atomic E-state index is 13.8. The Morgan fingerprint density at radius 2 is 1.86 bits per heavy atom. The first-order chi connectivity index (χ1) is 17.3. The Labute approximate surface area is 224 Å². The molecular formula is C28H31BrN2O4S. The molecule has 1 aromatic heterocycles. The topological polar surface area (TPSA) is 59.1 Å². The molecule has 3 aromatic rings. The van der Waals surface area contributed by atoms with Crippen LogP contribution in [0.2, 0.25) is 0 Å². The molecule has 0 spiro atoms. The summed E-state index contributed by atoms with van der Waals surface area (Å²) in [5.74, 6) is 1.45. The van der Waals surface area contributed by atoms with Gasteiger partial charge in [-0.1, -0.05) is 48.3 Å². The van der Waals surface area contributed by atoms with Crippen LogP contribution >= 0.6 is 27.3 Å². The van der Waals surface area contributed by atoms with Gasteiger partial charge in [0.25, 0.3) is 5.91 Å². The Bertz CT molecular complexity index is 1230. The first-order valence-corrected chi connectivity index (χ1v) is 13.8. The Morgan fingerprint density at radius 3 is 2.58 bits per heavy atom. The number of fused-ring (bicyclic) bond motifs is 1. The molecule has 1 aliphatic rings. The number of hydrogen-bond acceptors (Lipinski definition) is 5. The number of amides is 2. The minimum atomic E-state index is -0.139. The molecule has 0 radical (unpaired) electrons. The molecule has 36 heavy (non-hydrogen) atoms. The molecule has 190 valence electrons. The van der Waals surface area contributed by atoms with Crippen molar-refractivity contribution in [2.24, 2.45) is 5.92 Å². The molecule has 0 unspecified atom stereocenters. The molecule has 2 heterocycles. The van der Waals surface area contributed by atoms with Crippen LogP contribution in [0.3, 0.4) is 0 Å². The van der Waals surface area contributed by atoms with Gasteiger partial charge in [0, 0.05) is 28.0 Å². The summed E-state index contributed by atoms with van der Waals surface area (Å²) in [6.07, 6.45) is 0.922. The first kappa shape index (κ1) is 26.2. The second-order valence-electron chi connectivity index (χ2n) is 9.17. The van der Waals surface area contributed by atoms with Crippen LogP contribution in [-0.2, 0) is 17.9 Å². The standard InChI is InChI=1S/C28H31BrN2O4S/c1-4-19(2)14-31(28(33)22-6-5-7-23(29)13-22)17-27(32)30(16-26-20(3)10-11-36-26)15-21-8-9-24-25(12-21)35-18-34-24/h5-13,19H,4,14-18H2,1-3H3/t19-/m1/s1. The van der Waals surface area contributed by atoms with Gasteiger partial charge in [-0.25, -0.2) is 0 Å². The van der Waals surface area contributed by atoms with Crippen LogP contribution in [0, 0.1) is 12.8 Å². The number of ether oxygens (including phenoxy) is 2. The van der Waals surface area contributed by atoms with Crippen molar-refractivity contribution >= 4 is 39.1 Å². The Hall–Kier alpha value is -2.84. The number of benzene rings is 2. The normalized spacial score (nSPS) is 12.9. The van der Waals surface area contributed by atoms with E-state index in [4.69, 9.17) is 9.47 Å². The van der Waals surface area contributed by atoms with Crippen molar-refractivity contribution in [2.45, 2.75) is 40.3 Å². The predicted molar refractivity (Wildman–Crippen MR) is 145 cm³/mol. The highest BCUT2D eigenvalue weighted by atomic mass is 79.9. The molecule has 2 amide bonds. The van der Waals surface area contributed by atoms with E-state index >= 15 is 0 Å². The zero-order chi connectivity index (χ0) is 25.7. The lowest BCUT2D eigenvalue weighted by Crippen LogP contribution is -2.44. The monoisotopic (exact) mass is 570 g/mol. The quantitative estimate of drug-likeness (QED) is 0.288. The van der Waals surface area contributed by atoms with E-state index in [0.717, 1.165) is 26.9 Å². The summed E-state index contributed by atoms with van der Waals surface area (Å²) in [5, 5.41) is 2.04. The largest absolute Gasteiger partial charge is 0.454 e. The minimum absolute atomic E-state index is 0.0185. The molecule has 0 bridgehead atoms. The van der Waals surface area contributed by atoms with Gasteiger partial charge in [-0.05, 0) is 65.7 Å². The highest BCUT2D eigenvalue weighted by Gasteiger charge is 2.25. The number of rotatable bonds is 10. The summed E-state index contributed by atoms with van der Waals surface area (Å²) >= 11 is 5.09. The molecule has 1 atom stereocenters. The lowest BCUT2D eigenvalue weighted by atomic mass is 10.1. The van der Waals surface area contributed by atoms with Crippen LogP contribution in [0.4, 0.5) is 0 Å². The number of carbonyl (C=O) groups is 2. The van der Waals surface area contributed by atoms with Crippen LogP contribution in [0.5, 0.6) is 11.5 Å². The van der Waals surface area contributed by atoms with Gasteiger partial charge in [-0.3, -0.25) is 9.59 Å². The smallest absolute Gasteiger partial charge is 0.254 e. The van der Waals surface area contributed by atoms with Crippen molar-refractivity contribution in [3.63, 3.8) is 0 Å². The van der Waals surface area contributed by atoms with Crippen LogP contribution < -0.4 is 9.47 Å². The van der Waals surface area contributed by atoms with Gasteiger partial charge in [0.2, 0.25) is 12.7 Å². The number of hydrogen-bond donors (Lipinski definition) is 0. The Balaban J connectivity index is 1.58. The van der Waals surface area contributed by atoms with E-state index in [1.165, 1.54) is 0 Å². The van der Waals surface area contributed by atoms with Crippen molar-refractivity contribution in [2.75, 3.05) is 19.9 Å². The predicted octanol–water partition coefficient (Wildman–Crippen LogP) is 6.27. The van der Waals surface area contributed by atoms with E-state index in [1.54, 1.807) is 28.4 Å². The van der Waals surface area contributed by atoms with E-state index in [1.807, 2.05) is 40.6 Å². The van der Waals surface area contributed by atoms with Gasteiger partial charge in [-0.2, -0.15) is 0 Å². The number of halogens is 1. The average molecular weight is 572 g/mol. The third-order valence-corrected chi connectivity index (χ3v) is 7.88. The van der Waals surface area contributed by atoms with E-state index in [-0.39, 0.29) is 31.1 Å². The van der Waals surface area contributed by atoms with Crippen molar-refractivity contribution < 1.29 is 19.1 Å². The number of carbonyl (C=O) groups excluding carboxylic acids is 2. The second kappa shape index (κ2) is 11.9. The van der Waals surface area contributed by atoms with Crippen molar-refractivity contribution in [1.82, 2.24) is 9.80 Å². The SMILES string of the molecule is CC[C@@H](C)CN(CC(=O)N(Cc1ccc2c(c1)OCO2)Cc1sccc1C)C(=O)c1cccc(Br)c1. The fourth-order valence-electron chi connectivity index (χ4n) is 4.02. The molecule has 8 heteroatoms. The van der Waals surface area contributed by atoms with E-state index in [9.17, 15) is 9.59 Å². The van der Waals surface area contributed by atoms with Gasteiger partial charge in [0.1, 0.15) is 6.54 Å². The average Bonchev–Trinajstić information content (AvgIpc) is 3.50. The number of thiophene rings is 1. The van der Waals surface area contributed by atoms with E-state index in [0.29, 0.717) is 36.7 Å². The zero-order valence-electron chi connectivity index (χ0n) is 20.8. The molecule has 0 saturated heterocycles. The summed E-state index contributed by atoms with van der Waals surface area (Å²) in [7, 11) is 0. The summed E-state index contributed by atoms with van der Waals surface area (Å²) in [4.78, 5) is 31.9. The highest BCUT2D eigenvalue weighted by molar-refractivity contribution is 9.10. The summed E-state index contributed by atoms with van der Waals surface area (Å²) in [6.45, 7) is 7.90. The molecular weight excluding hydrogens is 540 g/mol. The van der Waals surface area contributed by atoms with Gasteiger partial charge >= 0.3 is 0 Å². The second-order valence-corrected chi connectivity index (χ2v) is 11.1. The van der Waals surface area contributed by atoms with E-state index in [2.05, 4.69) is 42.8 Å². The molecule has 2 aromatic carbocycles. The molecule has 0 fully saturated rings. The summed E-state index contributed by atoms with van der Waals surface area (Å²) in [5.41, 5.74) is 2.68. The van der Waals surface area contributed by atoms with Crippen LogP contribution in [0.1, 0.15) is 46.6 Å². The minimum Gasteiger partial charge on any atom is -0.454 e. The Morgan fingerprint density at radius 1 is 1.06 bits per heavy atom. The molecule has 6 nitrogen and oxygen atoms in total. The Kier molecular flexibility index (Phi) is 8.69. The van der Waals surface area contributed by atoms with Crippen LogP contribution in [0.15, 0.2) is 58.4 Å². The summed E-state index contributed by atoms with van der Waals surface area (Å²) < 4.78 is 11.8.